The van der Waals surface area contributed by atoms with Crippen molar-refractivity contribution in [3.05, 3.63) is 0 Å². The summed E-state index contributed by atoms with van der Waals surface area (Å²) in [7, 11) is 0. The number of nitrogens with zero attached hydrogens (tertiary/aromatic N) is 1. The van der Waals surface area contributed by atoms with Crippen LogP contribution in [0.2, 0.25) is 0 Å². The van der Waals surface area contributed by atoms with E-state index in [1.165, 1.54) is 12.8 Å². The van der Waals surface area contributed by atoms with Gasteiger partial charge in [-0.3, -0.25) is 0 Å². The van der Waals surface area contributed by atoms with Crippen LogP contribution in [0.3, 0.4) is 0 Å². The molecule has 90 valence electrons. The van der Waals surface area contributed by atoms with Gasteiger partial charge in [-0.2, -0.15) is 0 Å². The first-order valence-corrected chi connectivity index (χ1v) is 6.30. The van der Waals surface area contributed by atoms with E-state index in [2.05, 4.69) is 18.7 Å². The van der Waals surface area contributed by atoms with E-state index in [1.54, 1.807) is 0 Å². The van der Waals surface area contributed by atoms with Gasteiger partial charge in [0.1, 0.15) is 0 Å². The van der Waals surface area contributed by atoms with Crippen molar-refractivity contribution in [2.75, 3.05) is 32.8 Å². The van der Waals surface area contributed by atoms with E-state index in [4.69, 9.17) is 10.5 Å². The summed E-state index contributed by atoms with van der Waals surface area (Å²) in [5, 5.41) is 0. The lowest BCUT2D eigenvalue weighted by Crippen LogP contribution is -2.35. The molecule has 0 aliphatic carbocycles. The van der Waals surface area contributed by atoms with E-state index in [-0.39, 0.29) is 0 Å². The summed E-state index contributed by atoms with van der Waals surface area (Å²) in [4.78, 5) is 2.50. The number of rotatable bonds is 7. The van der Waals surface area contributed by atoms with Crippen LogP contribution >= 0.6 is 0 Å². The van der Waals surface area contributed by atoms with Crippen LogP contribution in [0, 0.1) is 5.92 Å². The average Bonchev–Trinajstić information content (AvgIpc) is 2.70. The van der Waals surface area contributed by atoms with Gasteiger partial charge >= 0.3 is 0 Å². The number of likely N-dealkylation sites (N-methyl/N-ethyl adjacent to an activating group) is 1. The number of nitrogens with two attached hydrogens (primary N) is 1. The maximum absolute atomic E-state index is 5.66. The summed E-state index contributed by atoms with van der Waals surface area (Å²) in [6.07, 6.45) is 4.08. The third-order valence-electron chi connectivity index (χ3n) is 3.16. The summed E-state index contributed by atoms with van der Waals surface area (Å²) >= 11 is 0. The predicted molar refractivity (Wildman–Crippen MR) is 63.9 cm³/mol. The molecule has 0 aromatic heterocycles. The molecule has 3 nitrogen and oxygen atoms in total. The second-order valence-corrected chi connectivity index (χ2v) is 4.67. The first-order valence-electron chi connectivity index (χ1n) is 6.30. The van der Waals surface area contributed by atoms with E-state index in [0.29, 0.717) is 12.0 Å². The lowest BCUT2D eigenvalue weighted by Gasteiger charge is -2.26. The van der Waals surface area contributed by atoms with Gasteiger partial charge in [0.15, 0.2) is 0 Å². The first kappa shape index (κ1) is 12.9. The van der Waals surface area contributed by atoms with Gasteiger partial charge in [-0.05, 0) is 38.3 Å². The molecule has 1 heterocycles. The van der Waals surface area contributed by atoms with Crippen molar-refractivity contribution < 1.29 is 4.74 Å². The standard InChI is InChI=1S/C12H26N2O/c1-3-14(9-11(2)6-7-13)10-12-5-4-8-15-12/h11-12H,3-10,13H2,1-2H3. The minimum absolute atomic E-state index is 0.482. The number of ether oxygens (including phenoxy) is 1. The van der Waals surface area contributed by atoms with Gasteiger partial charge in [-0.15, -0.1) is 0 Å². The van der Waals surface area contributed by atoms with Gasteiger partial charge in [0.05, 0.1) is 6.10 Å². The van der Waals surface area contributed by atoms with Crippen LogP contribution in [0.1, 0.15) is 33.1 Å². The molecule has 2 atom stereocenters. The van der Waals surface area contributed by atoms with Crippen LogP contribution in [0.4, 0.5) is 0 Å². The topological polar surface area (TPSA) is 38.5 Å². The van der Waals surface area contributed by atoms with E-state index in [1.807, 2.05) is 0 Å². The van der Waals surface area contributed by atoms with Gasteiger partial charge in [0, 0.05) is 19.7 Å². The molecule has 1 aliphatic heterocycles. The molecule has 0 radical (unpaired) electrons. The molecule has 0 saturated carbocycles. The summed E-state index contributed by atoms with van der Waals surface area (Å²) in [5.74, 6) is 0.705. The smallest absolute Gasteiger partial charge is 0.0702 e. The molecule has 2 N–H and O–H groups in total. The molecule has 0 aromatic rings. The van der Waals surface area contributed by atoms with Crippen LogP contribution in [0.5, 0.6) is 0 Å². The van der Waals surface area contributed by atoms with Crippen LogP contribution in [-0.2, 0) is 4.74 Å². The highest BCUT2D eigenvalue weighted by molar-refractivity contribution is 4.71. The van der Waals surface area contributed by atoms with Gasteiger partial charge in [-0.25, -0.2) is 0 Å². The van der Waals surface area contributed by atoms with E-state index < -0.39 is 0 Å². The number of hydrogen-bond donors (Lipinski definition) is 1. The molecule has 15 heavy (non-hydrogen) atoms. The van der Waals surface area contributed by atoms with Crippen molar-refractivity contribution >= 4 is 0 Å². The Bertz CT molecular complexity index is 158. The molecule has 1 fully saturated rings. The molecule has 0 aromatic carbocycles. The molecule has 1 rings (SSSR count). The maximum Gasteiger partial charge on any atom is 0.0702 e. The van der Waals surface area contributed by atoms with Gasteiger partial charge < -0.3 is 15.4 Å². The van der Waals surface area contributed by atoms with Crippen LogP contribution in [0.15, 0.2) is 0 Å². The second kappa shape index (κ2) is 7.20. The summed E-state index contributed by atoms with van der Waals surface area (Å²) in [6, 6.07) is 0. The van der Waals surface area contributed by atoms with Crippen LogP contribution < -0.4 is 5.73 Å². The number of hydrogen-bond acceptors (Lipinski definition) is 3. The quantitative estimate of drug-likeness (QED) is 0.697. The fourth-order valence-electron chi connectivity index (χ4n) is 2.23. The minimum atomic E-state index is 0.482. The lowest BCUT2D eigenvalue weighted by atomic mass is 10.1. The zero-order valence-corrected chi connectivity index (χ0v) is 10.2. The molecule has 2 unspecified atom stereocenters. The summed E-state index contributed by atoms with van der Waals surface area (Å²) < 4.78 is 5.66. The van der Waals surface area contributed by atoms with Crippen molar-refractivity contribution in [1.82, 2.24) is 4.90 Å². The molecule has 0 bridgehead atoms. The zero-order chi connectivity index (χ0) is 11.1. The first-order chi connectivity index (χ1) is 7.26. The summed E-state index contributed by atoms with van der Waals surface area (Å²) in [6.45, 7) is 9.65. The molecule has 3 heteroatoms. The van der Waals surface area contributed by atoms with Crippen molar-refractivity contribution in [3.8, 4) is 0 Å². The van der Waals surface area contributed by atoms with Gasteiger partial charge in [0.25, 0.3) is 0 Å². The minimum Gasteiger partial charge on any atom is -0.377 e. The Hall–Kier alpha value is -0.120. The zero-order valence-electron chi connectivity index (χ0n) is 10.2. The fourth-order valence-corrected chi connectivity index (χ4v) is 2.23. The third-order valence-corrected chi connectivity index (χ3v) is 3.16. The maximum atomic E-state index is 5.66. The largest absolute Gasteiger partial charge is 0.377 e. The van der Waals surface area contributed by atoms with E-state index in [9.17, 15) is 0 Å². The molecule has 0 spiro atoms. The summed E-state index contributed by atoms with van der Waals surface area (Å²) in [5.41, 5.74) is 5.57. The highest BCUT2D eigenvalue weighted by atomic mass is 16.5. The van der Waals surface area contributed by atoms with Gasteiger partial charge in [-0.1, -0.05) is 13.8 Å². The van der Waals surface area contributed by atoms with Crippen molar-refractivity contribution in [2.45, 2.75) is 39.2 Å². The van der Waals surface area contributed by atoms with Gasteiger partial charge in [0.2, 0.25) is 0 Å². The molecule has 0 amide bonds. The van der Waals surface area contributed by atoms with Crippen molar-refractivity contribution in [1.29, 1.82) is 0 Å². The second-order valence-electron chi connectivity index (χ2n) is 4.67. The highest BCUT2D eigenvalue weighted by Gasteiger charge is 2.19. The monoisotopic (exact) mass is 214 g/mol. The van der Waals surface area contributed by atoms with Crippen molar-refractivity contribution in [3.63, 3.8) is 0 Å². The fraction of sp³-hybridized carbons (Fsp3) is 1.00. The Morgan fingerprint density at radius 1 is 1.53 bits per heavy atom. The average molecular weight is 214 g/mol. The molecule has 1 aliphatic rings. The molecule has 1 saturated heterocycles. The lowest BCUT2D eigenvalue weighted by molar-refractivity contribution is 0.0700. The van der Waals surface area contributed by atoms with E-state index in [0.717, 1.165) is 39.2 Å². The van der Waals surface area contributed by atoms with Crippen LogP contribution in [0.25, 0.3) is 0 Å². The molecular weight excluding hydrogens is 188 g/mol. The molecular formula is C12H26N2O. The van der Waals surface area contributed by atoms with E-state index >= 15 is 0 Å². The Balaban J connectivity index is 2.21. The SMILES string of the molecule is CCN(CC(C)CCN)CC1CCCO1. The normalized spacial score (nSPS) is 23.6. The Kier molecular flexibility index (Phi) is 6.22. The van der Waals surface area contributed by atoms with Crippen molar-refractivity contribution in [2.24, 2.45) is 11.7 Å². The third kappa shape index (κ3) is 4.96. The predicted octanol–water partition coefficient (Wildman–Crippen LogP) is 1.47. The Labute approximate surface area is 94.0 Å². The highest BCUT2D eigenvalue weighted by Crippen LogP contribution is 2.14. The Morgan fingerprint density at radius 3 is 2.87 bits per heavy atom. The Morgan fingerprint density at radius 2 is 2.33 bits per heavy atom. The van der Waals surface area contributed by atoms with Crippen LogP contribution in [-0.4, -0.2) is 43.8 Å².